The fourth-order valence-electron chi connectivity index (χ4n) is 2.95. The Morgan fingerprint density at radius 2 is 1.81 bits per heavy atom. The highest BCUT2D eigenvalue weighted by Gasteiger charge is 2.24. The number of hydrogen-bond acceptors (Lipinski definition) is 4. The van der Waals surface area contributed by atoms with Crippen LogP contribution in [0.5, 0.6) is 0 Å². The minimum atomic E-state index is -0.345. The van der Waals surface area contributed by atoms with Gasteiger partial charge in [0.25, 0.3) is 5.69 Å². The Hall–Kier alpha value is -1.46. The molecule has 3 rings (SSSR count). The van der Waals surface area contributed by atoms with Crippen LogP contribution >= 0.6 is 0 Å². The zero-order chi connectivity index (χ0) is 14.7. The van der Waals surface area contributed by atoms with Crippen molar-refractivity contribution in [3.05, 3.63) is 39.9 Å². The van der Waals surface area contributed by atoms with E-state index in [4.69, 9.17) is 0 Å². The number of likely N-dealkylation sites (tertiary alicyclic amines) is 1. The summed E-state index contributed by atoms with van der Waals surface area (Å²) in [5, 5.41) is 14.3. The molecular weight excluding hydrogens is 266 g/mol. The van der Waals surface area contributed by atoms with Gasteiger partial charge in [-0.25, -0.2) is 0 Å². The Morgan fingerprint density at radius 1 is 1.14 bits per heavy atom. The number of nitrogens with one attached hydrogen (secondary N) is 1. The molecule has 114 valence electrons. The number of hydrogen-bond donors (Lipinski definition) is 1. The van der Waals surface area contributed by atoms with Crippen molar-refractivity contribution in [1.29, 1.82) is 0 Å². The minimum absolute atomic E-state index is 0.170. The van der Waals surface area contributed by atoms with Crippen molar-refractivity contribution in [2.75, 3.05) is 19.6 Å². The van der Waals surface area contributed by atoms with Gasteiger partial charge in [-0.05, 0) is 56.8 Å². The molecule has 0 radical (unpaired) electrons. The van der Waals surface area contributed by atoms with Gasteiger partial charge >= 0.3 is 0 Å². The molecule has 1 heterocycles. The molecule has 2 aliphatic rings. The summed E-state index contributed by atoms with van der Waals surface area (Å²) in [4.78, 5) is 12.7. The van der Waals surface area contributed by atoms with Gasteiger partial charge in [-0.1, -0.05) is 12.1 Å². The highest BCUT2D eigenvalue weighted by atomic mass is 16.6. The maximum atomic E-state index is 10.6. The first-order valence-corrected chi connectivity index (χ1v) is 7.90. The van der Waals surface area contributed by atoms with Gasteiger partial charge in [0.2, 0.25) is 0 Å². The Morgan fingerprint density at radius 3 is 2.38 bits per heavy atom. The van der Waals surface area contributed by atoms with Crippen LogP contribution in [0.15, 0.2) is 24.3 Å². The molecule has 5 heteroatoms. The third-order valence-electron chi connectivity index (χ3n) is 4.53. The van der Waals surface area contributed by atoms with E-state index in [2.05, 4.69) is 10.2 Å². The molecule has 1 saturated heterocycles. The smallest absolute Gasteiger partial charge is 0.269 e. The maximum absolute atomic E-state index is 10.6. The van der Waals surface area contributed by atoms with Crippen LogP contribution in [0.4, 0.5) is 5.69 Å². The van der Waals surface area contributed by atoms with Crippen molar-refractivity contribution in [2.24, 2.45) is 5.92 Å². The highest BCUT2D eigenvalue weighted by Crippen LogP contribution is 2.22. The van der Waals surface area contributed by atoms with Crippen molar-refractivity contribution in [2.45, 2.75) is 38.3 Å². The molecule has 0 bridgehead atoms. The molecule has 0 atom stereocenters. The molecule has 0 spiro atoms. The SMILES string of the molecule is O=[N+]([O-])c1ccc(CN2CCC(CNC3CC3)CC2)cc1. The van der Waals surface area contributed by atoms with Gasteiger partial charge in [-0.3, -0.25) is 15.0 Å². The summed E-state index contributed by atoms with van der Waals surface area (Å²) in [7, 11) is 0. The lowest BCUT2D eigenvalue weighted by atomic mass is 9.96. The molecule has 1 aliphatic heterocycles. The maximum Gasteiger partial charge on any atom is 0.269 e. The van der Waals surface area contributed by atoms with E-state index in [0.29, 0.717) is 0 Å². The predicted octanol–water partition coefficient (Wildman–Crippen LogP) is 2.56. The van der Waals surface area contributed by atoms with Gasteiger partial charge in [0.1, 0.15) is 0 Å². The van der Waals surface area contributed by atoms with E-state index in [9.17, 15) is 10.1 Å². The van der Waals surface area contributed by atoms with Crippen molar-refractivity contribution < 1.29 is 4.92 Å². The molecular formula is C16H23N3O2. The van der Waals surface area contributed by atoms with Gasteiger partial charge in [0.05, 0.1) is 4.92 Å². The van der Waals surface area contributed by atoms with Gasteiger partial charge in [-0.15, -0.1) is 0 Å². The summed E-state index contributed by atoms with van der Waals surface area (Å²) < 4.78 is 0. The first-order valence-electron chi connectivity index (χ1n) is 7.90. The highest BCUT2D eigenvalue weighted by molar-refractivity contribution is 5.32. The standard InChI is InChI=1S/C16H23N3O2/c20-19(21)16-5-1-14(2-6-16)12-18-9-7-13(8-10-18)11-17-15-3-4-15/h1-2,5-6,13,15,17H,3-4,7-12H2. The Labute approximate surface area is 125 Å². The number of rotatable bonds is 6. The van der Waals surface area contributed by atoms with Crippen molar-refractivity contribution >= 4 is 5.69 Å². The number of nitrogens with zero attached hydrogens (tertiary/aromatic N) is 2. The van der Waals surface area contributed by atoms with Crippen LogP contribution in [-0.4, -0.2) is 35.5 Å². The lowest BCUT2D eigenvalue weighted by Gasteiger charge is -2.32. The van der Waals surface area contributed by atoms with E-state index in [0.717, 1.165) is 37.2 Å². The zero-order valence-electron chi connectivity index (χ0n) is 12.3. The average Bonchev–Trinajstić information content (AvgIpc) is 3.31. The molecule has 0 unspecified atom stereocenters. The van der Waals surface area contributed by atoms with Gasteiger partial charge in [0.15, 0.2) is 0 Å². The Kier molecular flexibility index (Phi) is 4.51. The van der Waals surface area contributed by atoms with E-state index in [1.807, 2.05) is 12.1 Å². The minimum Gasteiger partial charge on any atom is -0.314 e. The van der Waals surface area contributed by atoms with Crippen LogP contribution in [0, 0.1) is 16.0 Å². The van der Waals surface area contributed by atoms with Gasteiger partial charge < -0.3 is 5.32 Å². The quantitative estimate of drug-likeness (QED) is 0.646. The zero-order valence-corrected chi connectivity index (χ0v) is 12.3. The average molecular weight is 289 g/mol. The predicted molar refractivity (Wildman–Crippen MR) is 82.1 cm³/mol. The van der Waals surface area contributed by atoms with E-state index < -0.39 is 0 Å². The first kappa shape index (κ1) is 14.5. The first-order chi connectivity index (χ1) is 10.2. The second kappa shape index (κ2) is 6.54. The second-order valence-electron chi connectivity index (χ2n) is 6.33. The molecule has 2 fully saturated rings. The Balaban J connectivity index is 1.42. The molecule has 1 aromatic carbocycles. The molecule has 1 aliphatic carbocycles. The lowest BCUT2D eigenvalue weighted by molar-refractivity contribution is -0.384. The molecule has 0 aromatic heterocycles. The monoisotopic (exact) mass is 289 g/mol. The summed E-state index contributed by atoms with van der Waals surface area (Å²) >= 11 is 0. The molecule has 1 saturated carbocycles. The number of benzene rings is 1. The van der Waals surface area contributed by atoms with Gasteiger partial charge in [0, 0.05) is 24.7 Å². The topological polar surface area (TPSA) is 58.4 Å². The molecule has 1 aromatic rings. The van der Waals surface area contributed by atoms with Crippen molar-refractivity contribution in [3.8, 4) is 0 Å². The number of non-ortho nitro benzene ring substituents is 1. The van der Waals surface area contributed by atoms with Crippen LogP contribution in [0.2, 0.25) is 0 Å². The van der Waals surface area contributed by atoms with Crippen molar-refractivity contribution in [1.82, 2.24) is 10.2 Å². The van der Waals surface area contributed by atoms with Crippen LogP contribution < -0.4 is 5.32 Å². The molecule has 1 N–H and O–H groups in total. The van der Waals surface area contributed by atoms with Crippen LogP contribution in [0.25, 0.3) is 0 Å². The van der Waals surface area contributed by atoms with Crippen LogP contribution in [0.3, 0.4) is 0 Å². The second-order valence-corrected chi connectivity index (χ2v) is 6.33. The summed E-state index contributed by atoms with van der Waals surface area (Å²) in [6, 6.07) is 7.75. The molecule has 0 amide bonds. The number of piperidine rings is 1. The van der Waals surface area contributed by atoms with E-state index in [1.54, 1.807) is 12.1 Å². The number of nitro groups is 1. The largest absolute Gasteiger partial charge is 0.314 e. The van der Waals surface area contributed by atoms with E-state index >= 15 is 0 Å². The van der Waals surface area contributed by atoms with Crippen molar-refractivity contribution in [3.63, 3.8) is 0 Å². The fourth-order valence-corrected chi connectivity index (χ4v) is 2.95. The third kappa shape index (κ3) is 4.25. The summed E-state index contributed by atoms with van der Waals surface area (Å²) in [5.41, 5.74) is 1.33. The number of nitro benzene ring substituents is 1. The van der Waals surface area contributed by atoms with E-state index in [1.165, 1.54) is 32.2 Å². The fraction of sp³-hybridized carbons (Fsp3) is 0.625. The Bertz CT molecular complexity index is 477. The summed E-state index contributed by atoms with van der Waals surface area (Å²) in [6.45, 7) is 4.35. The van der Waals surface area contributed by atoms with E-state index in [-0.39, 0.29) is 10.6 Å². The molecule has 5 nitrogen and oxygen atoms in total. The van der Waals surface area contributed by atoms with Gasteiger partial charge in [-0.2, -0.15) is 0 Å². The summed E-state index contributed by atoms with van der Waals surface area (Å²) in [5.74, 6) is 0.818. The normalized spacial score (nSPS) is 20.6. The van der Waals surface area contributed by atoms with Crippen LogP contribution in [-0.2, 0) is 6.54 Å². The summed E-state index contributed by atoms with van der Waals surface area (Å²) in [6.07, 6.45) is 5.23. The lowest BCUT2D eigenvalue weighted by Crippen LogP contribution is -2.37. The third-order valence-corrected chi connectivity index (χ3v) is 4.53. The van der Waals surface area contributed by atoms with Crippen LogP contribution in [0.1, 0.15) is 31.2 Å². The molecule has 21 heavy (non-hydrogen) atoms.